The van der Waals surface area contributed by atoms with Crippen LogP contribution in [-0.4, -0.2) is 10.5 Å². The molecule has 2 rings (SSSR count). The van der Waals surface area contributed by atoms with Crippen LogP contribution in [0.2, 0.25) is 0 Å². The minimum atomic E-state index is -4.46. The first kappa shape index (κ1) is 15.6. The molecular weight excluding hydrogens is 349 g/mol. The number of nitrogens with one attached hydrogen (secondary N) is 1. The molecular formula is C14H12BrF3N2O. The van der Waals surface area contributed by atoms with Gasteiger partial charge in [-0.15, -0.1) is 0 Å². The number of benzene rings is 1. The fourth-order valence-electron chi connectivity index (χ4n) is 1.82. The number of aryl methyl sites for hydroxylation is 1. The number of aromatic nitrogens is 1. The lowest BCUT2D eigenvalue weighted by atomic mass is 10.2. The van der Waals surface area contributed by atoms with E-state index in [9.17, 15) is 18.0 Å². The zero-order chi connectivity index (χ0) is 15.8. The maximum absolute atomic E-state index is 12.7. The highest BCUT2D eigenvalue weighted by atomic mass is 79.9. The lowest BCUT2D eigenvalue weighted by molar-refractivity contribution is -0.137. The van der Waals surface area contributed by atoms with Crippen molar-refractivity contribution in [3.63, 3.8) is 0 Å². The van der Waals surface area contributed by atoms with Crippen molar-refractivity contribution in [3.8, 4) is 0 Å². The summed E-state index contributed by atoms with van der Waals surface area (Å²) in [6.45, 7) is 1.83. The fraction of sp³-hybridized carbons (Fsp3) is 0.214. The number of anilines is 1. The number of nitrogens with zero attached hydrogens (tertiary/aromatic N) is 1. The zero-order valence-corrected chi connectivity index (χ0v) is 12.8. The summed E-state index contributed by atoms with van der Waals surface area (Å²) in [6.07, 6.45) is -4.46. The minimum Gasteiger partial charge on any atom is -0.344 e. The largest absolute Gasteiger partial charge is 0.416 e. The maximum Gasteiger partial charge on any atom is 0.416 e. The van der Waals surface area contributed by atoms with Gasteiger partial charge in [-0.05, 0) is 53.2 Å². The molecule has 1 N–H and O–H groups in total. The third-order valence-electron chi connectivity index (χ3n) is 3.15. The molecule has 0 aliphatic rings. The second-order valence-corrected chi connectivity index (χ2v) is 5.42. The Kier molecular flexibility index (Phi) is 4.13. The summed E-state index contributed by atoms with van der Waals surface area (Å²) in [5, 5.41) is 2.49. The van der Waals surface area contributed by atoms with Gasteiger partial charge >= 0.3 is 6.18 Å². The number of carbonyl (C=O) groups excluding carboxylic acids is 1. The van der Waals surface area contributed by atoms with Crippen LogP contribution in [-0.2, 0) is 13.2 Å². The summed E-state index contributed by atoms with van der Waals surface area (Å²) in [5.41, 5.74) is 0.512. The highest BCUT2D eigenvalue weighted by Crippen LogP contribution is 2.34. The quantitative estimate of drug-likeness (QED) is 0.847. The first-order valence-corrected chi connectivity index (χ1v) is 6.80. The van der Waals surface area contributed by atoms with Gasteiger partial charge in [0.1, 0.15) is 5.69 Å². The predicted molar refractivity (Wildman–Crippen MR) is 77.2 cm³/mol. The van der Waals surface area contributed by atoms with Crippen molar-refractivity contribution >= 4 is 27.5 Å². The fourth-order valence-corrected chi connectivity index (χ4v) is 2.17. The van der Waals surface area contributed by atoms with Crippen LogP contribution in [0.4, 0.5) is 18.9 Å². The van der Waals surface area contributed by atoms with Crippen LogP contribution in [0, 0.1) is 6.92 Å². The minimum absolute atomic E-state index is 0.0775. The van der Waals surface area contributed by atoms with E-state index in [4.69, 9.17) is 0 Å². The first-order valence-electron chi connectivity index (χ1n) is 6.00. The van der Waals surface area contributed by atoms with E-state index in [0.29, 0.717) is 10.2 Å². The Bertz CT molecular complexity index is 692. The van der Waals surface area contributed by atoms with Crippen molar-refractivity contribution in [1.29, 1.82) is 0 Å². The summed E-state index contributed by atoms with van der Waals surface area (Å²) in [7, 11) is 1.71. The van der Waals surface area contributed by atoms with Gasteiger partial charge in [-0.3, -0.25) is 4.79 Å². The van der Waals surface area contributed by atoms with Crippen LogP contribution in [0.1, 0.15) is 21.7 Å². The topological polar surface area (TPSA) is 34.0 Å². The van der Waals surface area contributed by atoms with Crippen LogP contribution in [0.25, 0.3) is 0 Å². The van der Waals surface area contributed by atoms with Crippen LogP contribution in [0.5, 0.6) is 0 Å². The predicted octanol–water partition coefficient (Wildman–Crippen LogP) is 4.37. The number of rotatable bonds is 2. The number of carbonyl (C=O) groups is 1. The summed E-state index contributed by atoms with van der Waals surface area (Å²) in [4.78, 5) is 12.1. The molecule has 0 fully saturated rings. The van der Waals surface area contributed by atoms with Crippen LogP contribution in [0.3, 0.4) is 0 Å². The Morgan fingerprint density at radius 3 is 2.43 bits per heavy atom. The zero-order valence-electron chi connectivity index (χ0n) is 11.3. The summed E-state index contributed by atoms with van der Waals surface area (Å²) >= 11 is 3.13. The molecule has 0 unspecified atom stereocenters. The van der Waals surface area contributed by atoms with Crippen LogP contribution >= 0.6 is 15.9 Å². The molecule has 0 radical (unpaired) electrons. The van der Waals surface area contributed by atoms with Gasteiger partial charge in [-0.25, -0.2) is 0 Å². The second kappa shape index (κ2) is 5.55. The Morgan fingerprint density at radius 1 is 1.24 bits per heavy atom. The molecule has 0 spiro atoms. The van der Waals surface area contributed by atoms with E-state index in [1.807, 2.05) is 6.92 Å². The third kappa shape index (κ3) is 3.29. The average Bonchev–Trinajstić information content (AvgIpc) is 2.71. The SMILES string of the molecule is Cc1ccc(C(=O)Nc2cc(C(F)(F)F)ccc2Br)n1C. The lowest BCUT2D eigenvalue weighted by Gasteiger charge is -2.12. The number of hydrogen-bond donors (Lipinski definition) is 1. The molecule has 1 aromatic heterocycles. The molecule has 1 aromatic carbocycles. The number of hydrogen-bond acceptors (Lipinski definition) is 1. The van der Waals surface area contributed by atoms with E-state index >= 15 is 0 Å². The van der Waals surface area contributed by atoms with Crippen molar-refractivity contribution < 1.29 is 18.0 Å². The van der Waals surface area contributed by atoms with E-state index in [1.165, 1.54) is 6.07 Å². The Labute approximate surface area is 127 Å². The molecule has 1 amide bonds. The van der Waals surface area contributed by atoms with E-state index in [0.717, 1.165) is 17.8 Å². The molecule has 112 valence electrons. The van der Waals surface area contributed by atoms with Gasteiger partial charge in [0.2, 0.25) is 0 Å². The molecule has 0 saturated heterocycles. The van der Waals surface area contributed by atoms with Gasteiger partial charge in [0.25, 0.3) is 5.91 Å². The average molecular weight is 361 g/mol. The molecule has 0 saturated carbocycles. The summed E-state index contributed by atoms with van der Waals surface area (Å²) in [6, 6.07) is 6.49. The van der Waals surface area contributed by atoms with E-state index in [-0.39, 0.29) is 5.69 Å². The maximum atomic E-state index is 12.7. The van der Waals surface area contributed by atoms with Crippen LogP contribution < -0.4 is 5.32 Å². The summed E-state index contributed by atoms with van der Waals surface area (Å²) < 4.78 is 40.1. The first-order chi connectivity index (χ1) is 9.70. The van der Waals surface area contributed by atoms with Crippen molar-refractivity contribution in [2.75, 3.05) is 5.32 Å². The molecule has 2 aromatic rings. The molecule has 0 bridgehead atoms. The molecule has 3 nitrogen and oxygen atoms in total. The van der Waals surface area contributed by atoms with Gasteiger partial charge in [0, 0.05) is 17.2 Å². The van der Waals surface area contributed by atoms with Crippen molar-refractivity contribution in [2.24, 2.45) is 7.05 Å². The van der Waals surface area contributed by atoms with Gasteiger partial charge in [0.05, 0.1) is 11.3 Å². The normalized spacial score (nSPS) is 11.5. The Morgan fingerprint density at radius 2 is 1.90 bits per heavy atom. The summed E-state index contributed by atoms with van der Waals surface area (Å²) in [5.74, 6) is -0.467. The number of amides is 1. The van der Waals surface area contributed by atoms with Crippen molar-refractivity contribution in [1.82, 2.24) is 4.57 Å². The monoisotopic (exact) mass is 360 g/mol. The molecule has 0 aliphatic heterocycles. The molecule has 21 heavy (non-hydrogen) atoms. The second-order valence-electron chi connectivity index (χ2n) is 4.57. The van der Waals surface area contributed by atoms with Gasteiger partial charge < -0.3 is 9.88 Å². The van der Waals surface area contributed by atoms with Crippen LogP contribution in [0.15, 0.2) is 34.8 Å². The molecule has 0 atom stereocenters. The van der Waals surface area contributed by atoms with Gasteiger partial charge in [-0.1, -0.05) is 0 Å². The van der Waals surface area contributed by atoms with E-state index in [1.54, 1.807) is 23.7 Å². The van der Waals surface area contributed by atoms with E-state index < -0.39 is 17.6 Å². The number of alkyl halides is 3. The standard InChI is InChI=1S/C14H12BrF3N2O/c1-8-3-6-12(20(8)2)13(21)19-11-7-9(14(16,17)18)4-5-10(11)15/h3-7H,1-2H3,(H,19,21). The highest BCUT2D eigenvalue weighted by Gasteiger charge is 2.31. The Hall–Kier alpha value is -1.76. The molecule has 1 heterocycles. The lowest BCUT2D eigenvalue weighted by Crippen LogP contribution is -2.17. The Balaban J connectivity index is 2.31. The smallest absolute Gasteiger partial charge is 0.344 e. The highest BCUT2D eigenvalue weighted by molar-refractivity contribution is 9.10. The number of halogens is 4. The van der Waals surface area contributed by atoms with Crippen molar-refractivity contribution in [2.45, 2.75) is 13.1 Å². The molecule has 7 heteroatoms. The van der Waals surface area contributed by atoms with Crippen molar-refractivity contribution in [3.05, 3.63) is 51.8 Å². The molecule has 0 aliphatic carbocycles. The van der Waals surface area contributed by atoms with E-state index in [2.05, 4.69) is 21.2 Å². The third-order valence-corrected chi connectivity index (χ3v) is 3.84. The van der Waals surface area contributed by atoms with Gasteiger partial charge in [-0.2, -0.15) is 13.2 Å². The van der Waals surface area contributed by atoms with Gasteiger partial charge in [0.15, 0.2) is 0 Å².